The lowest BCUT2D eigenvalue weighted by molar-refractivity contribution is 0.0354. The Morgan fingerprint density at radius 2 is 1.91 bits per heavy atom. The van der Waals surface area contributed by atoms with Crippen molar-refractivity contribution in [1.82, 2.24) is 15.5 Å². The minimum absolute atomic E-state index is 0.137. The van der Waals surface area contributed by atoms with E-state index in [2.05, 4.69) is 27.6 Å². The van der Waals surface area contributed by atoms with Crippen LogP contribution in [-0.2, 0) is 16.8 Å². The number of nitrogens with one attached hydrogen (secondary N) is 1. The summed E-state index contributed by atoms with van der Waals surface area (Å²) >= 11 is 6.02. The Morgan fingerprint density at radius 3 is 2.52 bits per heavy atom. The molecule has 0 bridgehead atoms. The van der Waals surface area contributed by atoms with Gasteiger partial charge >= 0.3 is 0 Å². The van der Waals surface area contributed by atoms with E-state index in [9.17, 15) is 0 Å². The Labute approximate surface area is 141 Å². The molecule has 5 nitrogen and oxygen atoms in total. The Balaban J connectivity index is 1.77. The molecule has 0 atom stereocenters. The Bertz CT molecular complexity index is 634. The third-order valence-electron chi connectivity index (χ3n) is 4.31. The summed E-state index contributed by atoms with van der Waals surface area (Å²) in [5, 5.41) is 8.44. The molecule has 1 fully saturated rings. The molecule has 1 aromatic carbocycles. The third kappa shape index (κ3) is 3.74. The molecule has 124 valence electrons. The molecule has 0 aliphatic carbocycles. The summed E-state index contributed by atoms with van der Waals surface area (Å²) in [6.07, 6.45) is 1.81. The quantitative estimate of drug-likeness (QED) is 0.903. The predicted molar refractivity (Wildman–Crippen MR) is 88.4 cm³/mol. The van der Waals surface area contributed by atoms with Gasteiger partial charge < -0.3 is 9.26 Å². The molecule has 2 heterocycles. The number of halogens is 1. The predicted octanol–water partition coefficient (Wildman–Crippen LogP) is 3.64. The van der Waals surface area contributed by atoms with E-state index < -0.39 is 0 Å². The highest BCUT2D eigenvalue weighted by Gasteiger charge is 2.34. The van der Waals surface area contributed by atoms with Gasteiger partial charge in [0.1, 0.15) is 0 Å². The fourth-order valence-electron chi connectivity index (χ4n) is 2.88. The van der Waals surface area contributed by atoms with Gasteiger partial charge in [-0.15, -0.1) is 0 Å². The van der Waals surface area contributed by atoms with E-state index in [-0.39, 0.29) is 11.5 Å². The first-order chi connectivity index (χ1) is 11.1. The van der Waals surface area contributed by atoms with Crippen molar-refractivity contribution in [2.75, 3.05) is 13.2 Å². The fraction of sp³-hybridized carbons (Fsp3) is 0.529. The van der Waals surface area contributed by atoms with Crippen LogP contribution in [0.3, 0.4) is 0 Å². The SMILES string of the molecule is CC(C)c1nc(CNC2(c3ccc(Cl)cc3)CCOCC2)no1. The molecule has 6 heteroatoms. The first-order valence-electron chi connectivity index (χ1n) is 8.00. The summed E-state index contributed by atoms with van der Waals surface area (Å²) in [6, 6.07) is 8.02. The van der Waals surface area contributed by atoms with E-state index in [0.717, 1.165) is 31.1 Å². The van der Waals surface area contributed by atoms with E-state index in [1.165, 1.54) is 5.56 Å². The van der Waals surface area contributed by atoms with Crippen molar-refractivity contribution in [3.8, 4) is 0 Å². The van der Waals surface area contributed by atoms with Gasteiger partial charge in [-0.05, 0) is 30.5 Å². The van der Waals surface area contributed by atoms with Gasteiger partial charge in [0.15, 0.2) is 5.82 Å². The monoisotopic (exact) mass is 335 g/mol. The third-order valence-corrected chi connectivity index (χ3v) is 4.56. The molecule has 0 amide bonds. The molecular weight excluding hydrogens is 314 g/mol. The standard InChI is InChI=1S/C17H22ClN3O2/c1-12(2)16-20-15(21-23-16)11-19-17(7-9-22-10-8-17)13-3-5-14(18)6-4-13/h3-6,12,19H,7-11H2,1-2H3. The first-order valence-corrected chi connectivity index (χ1v) is 8.38. The Morgan fingerprint density at radius 1 is 1.22 bits per heavy atom. The molecule has 0 spiro atoms. The van der Waals surface area contributed by atoms with Crippen LogP contribution in [-0.4, -0.2) is 23.4 Å². The molecule has 1 aliphatic heterocycles. The molecule has 1 aliphatic rings. The summed E-state index contributed by atoms with van der Waals surface area (Å²) in [5.41, 5.74) is 1.08. The summed E-state index contributed by atoms with van der Waals surface area (Å²) in [5.74, 6) is 1.60. The summed E-state index contributed by atoms with van der Waals surface area (Å²) in [4.78, 5) is 4.44. The van der Waals surface area contributed by atoms with Gasteiger partial charge in [0.2, 0.25) is 5.89 Å². The van der Waals surface area contributed by atoms with Crippen molar-refractivity contribution in [3.63, 3.8) is 0 Å². The molecule has 0 saturated carbocycles. The highest BCUT2D eigenvalue weighted by Crippen LogP contribution is 2.33. The number of ether oxygens (including phenoxy) is 1. The number of aromatic nitrogens is 2. The smallest absolute Gasteiger partial charge is 0.229 e. The van der Waals surface area contributed by atoms with Crippen LogP contribution in [0.2, 0.25) is 5.02 Å². The normalized spacial score (nSPS) is 17.6. The zero-order chi connectivity index (χ0) is 16.3. The van der Waals surface area contributed by atoms with E-state index in [4.69, 9.17) is 20.9 Å². The van der Waals surface area contributed by atoms with Gasteiger partial charge in [0.05, 0.1) is 6.54 Å². The minimum Gasteiger partial charge on any atom is -0.381 e. The first kappa shape index (κ1) is 16.4. The highest BCUT2D eigenvalue weighted by molar-refractivity contribution is 6.30. The lowest BCUT2D eigenvalue weighted by Crippen LogP contribution is -2.46. The van der Waals surface area contributed by atoms with E-state index in [0.29, 0.717) is 18.3 Å². The van der Waals surface area contributed by atoms with Crippen LogP contribution in [0.4, 0.5) is 0 Å². The Kier molecular flexibility index (Phi) is 4.99. The van der Waals surface area contributed by atoms with Gasteiger partial charge in [0.25, 0.3) is 0 Å². The lowest BCUT2D eigenvalue weighted by atomic mass is 9.82. The summed E-state index contributed by atoms with van der Waals surface area (Å²) in [7, 11) is 0. The van der Waals surface area contributed by atoms with Crippen LogP contribution < -0.4 is 5.32 Å². The fourth-order valence-corrected chi connectivity index (χ4v) is 3.00. The van der Waals surface area contributed by atoms with E-state index >= 15 is 0 Å². The average Bonchev–Trinajstić information content (AvgIpc) is 3.04. The van der Waals surface area contributed by atoms with Gasteiger partial charge in [-0.2, -0.15) is 4.98 Å². The van der Waals surface area contributed by atoms with Crippen molar-refractivity contribution in [2.24, 2.45) is 0 Å². The van der Waals surface area contributed by atoms with Crippen LogP contribution in [0.5, 0.6) is 0 Å². The topological polar surface area (TPSA) is 60.2 Å². The minimum atomic E-state index is -0.137. The van der Waals surface area contributed by atoms with Crippen LogP contribution in [0, 0.1) is 0 Å². The number of rotatable bonds is 5. The maximum absolute atomic E-state index is 6.02. The van der Waals surface area contributed by atoms with Crippen LogP contribution >= 0.6 is 11.6 Å². The largest absolute Gasteiger partial charge is 0.381 e. The van der Waals surface area contributed by atoms with Gasteiger partial charge in [-0.1, -0.05) is 42.7 Å². The van der Waals surface area contributed by atoms with E-state index in [1.807, 2.05) is 26.0 Å². The molecule has 1 N–H and O–H groups in total. The van der Waals surface area contributed by atoms with Gasteiger partial charge in [-0.3, -0.25) is 5.32 Å². The maximum atomic E-state index is 6.02. The van der Waals surface area contributed by atoms with Crippen LogP contribution in [0.25, 0.3) is 0 Å². The highest BCUT2D eigenvalue weighted by atomic mass is 35.5. The number of hydrogen-bond acceptors (Lipinski definition) is 5. The molecule has 3 rings (SSSR count). The van der Waals surface area contributed by atoms with Crippen LogP contribution in [0.15, 0.2) is 28.8 Å². The molecule has 2 aromatic rings. The van der Waals surface area contributed by atoms with Crippen molar-refractivity contribution >= 4 is 11.6 Å². The average molecular weight is 336 g/mol. The number of nitrogens with zero attached hydrogens (tertiary/aromatic N) is 2. The van der Waals surface area contributed by atoms with Gasteiger partial charge in [0, 0.05) is 29.7 Å². The summed E-state index contributed by atoms with van der Waals surface area (Å²) in [6.45, 7) is 6.12. The van der Waals surface area contributed by atoms with Crippen LogP contribution in [0.1, 0.15) is 49.9 Å². The van der Waals surface area contributed by atoms with Crippen molar-refractivity contribution in [3.05, 3.63) is 46.6 Å². The molecular formula is C17H22ClN3O2. The van der Waals surface area contributed by atoms with Crippen molar-refractivity contribution in [2.45, 2.75) is 44.7 Å². The van der Waals surface area contributed by atoms with Gasteiger partial charge in [-0.25, -0.2) is 0 Å². The van der Waals surface area contributed by atoms with E-state index in [1.54, 1.807) is 0 Å². The number of hydrogen-bond donors (Lipinski definition) is 1. The second-order valence-electron chi connectivity index (χ2n) is 6.26. The molecule has 0 unspecified atom stereocenters. The second kappa shape index (κ2) is 6.99. The second-order valence-corrected chi connectivity index (χ2v) is 6.69. The number of benzene rings is 1. The van der Waals surface area contributed by atoms with Crippen molar-refractivity contribution in [1.29, 1.82) is 0 Å². The van der Waals surface area contributed by atoms with Crippen molar-refractivity contribution < 1.29 is 9.26 Å². The molecule has 23 heavy (non-hydrogen) atoms. The Hall–Kier alpha value is -1.43. The lowest BCUT2D eigenvalue weighted by Gasteiger charge is -2.38. The summed E-state index contributed by atoms with van der Waals surface area (Å²) < 4.78 is 10.8. The molecule has 1 saturated heterocycles. The molecule has 0 radical (unpaired) electrons. The molecule has 1 aromatic heterocycles. The maximum Gasteiger partial charge on any atom is 0.229 e. The zero-order valence-corrected chi connectivity index (χ0v) is 14.3. The zero-order valence-electron chi connectivity index (χ0n) is 13.5.